The van der Waals surface area contributed by atoms with E-state index < -0.39 is 0 Å². The lowest BCUT2D eigenvalue weighted by Crippen LogP contribution is -1.88. The van der Waals surface area contributed by atoms with E-state index in [4.69, 9.17) is 0 Å². The number of hydrogen-bond acceptors (Lipinski definition) is 0. The molecule has 1 heteroatoms. The number of hydrogen-bond donors (Lipinski definition) is 0. The molecule has 1 aromatic carbocycles. The molecule has 0 bridgehead atoms. The summed E-state index contributed by atoms with van der Waals surface area (Å²) in [6, 6.07) is 10.5. The van der Waals surface area contributed by atoms with E-state index in [2.05, 4.69) is 54.6 Å². The number of allylic oxidation sites excluding steroid dienone is 2. The fraction of sp³-hybridized carbons (Fsp3) is 0.0769. The van der Waals surface area contributed by atoms with Gasteiger partial charge in [-0.15, -0.1) is 0 Å². The molecule has 0 radical (unpaired) electrons. The van der Waals surface area contributed by atoms with Gasteiger partial charge in [0.2, 0.25) is 0 Å². The van der Waals surface area contributed by atoms with Crippen molar-refractivity contribution in [1.82, 2.24) is 4.57 Å². The molecule has 0 spiro atoms. The fourth-order valence-corrected chi connectivity index (χ4v) is 1.64. The number of rotatable bonds is 2. The Bertz CT molecular complexity index is 489. The summed E-state index contributed by atoms with van der Waals surface area (Å²) in [7, 11) is 2.07. The van der Waals surface area contributed by atoms with Gasteiger partial charge < -0.3 is 4.57 Å². The molecule has 1 heterocycles. The lowest BCUT2D eigenvalue weighted by atomic mass is 10.2. The van der Waals surface area contributed by atoms with Crippen LogP contribution in [0.1, 0.15) is 5.69 Å². The SMILES string of the molecule is C=C/C=C\c1cc2ccccc2n1C. The molecule has 0 unspecified atom stereocenters. The van der Waals surface area contributed by atoms with Gasteiger partial charge in [0, 0.05) is 23.6 Å². The maximum atomic E-state index is 3.66. The highest BCUT2D eigenvalue weighted by Crippen LogP contribution is 2.18. The minimum Gasteiger partial charge on any atom is -0.344 e. The Morgan fingerprint density at radius 1 is 1.29 bits per heavy atom. The minimum absolute atomic E-state index is 1.20. The molecular weight excluding hydrogens is 170 g/mol. The Kier molecular flexibility index (Phi) is 2.23. The number of benzene rings is 1. The van der Waals surface area contributed by atoms with E-state index in [-0.39, 0.29) is 0 Å². The lowest BCUT2D eigenvalue weighted by Gasteiger charge is -1.97. The van der Waals surface area contributed by atoms with E-state index in [1.54, 1.807) is 6.08 Å². The second-order valence-corrected chi connectivity index (χ2v) is 3.28. The molecule has 0 fully saturated rings. The van der Waals surface area contributed by atoms with Crippen molar-refractivity contribution in [2.45, 2.75) is 0 Å². The quantitative estimate of drug-likeness (QED) is 0.629. The largest absolute Gasteiger partial charge is 0.344 e. The standard InChI is InChI=1S/C13H13N/c1-3-4-8-12-10-11-7-5-6-9-13(11)14(12)2/h3-10H,1H2,2H3/b8-4-. The molecule has 2 aromatic rings. The third-order valence-corrected chi connectivity index (χ3v) is 2.39. The first-order valence-corrected chi connectivity index (χ1v) is 4.66. The van der Waals surface area contributed by atoms with Gasteiger partial charge in [0.25, 0.3) is 0 Å². The zero-order chi connectivity index (χ0) is 9.97. The molecule has 0 aliphatic carbocycles. The van der Waals surface area contributed by atoms with Crippen molar-refractivity contribution in [2.75, 3.05) is 0 Å². The van der Waals surface area contributed by atoms with E-state index in [0.717, 1.165) is 0 Å². The molecule has 0 atom stereocenters. The smallest absolute Gasteiger partial charge is 0.0482 e. The van der Waals surface area contributed by atoms with Crippen LogP contribution < -0.4 is 0 Å². The third-order valence-electron chi connectivity index (χ3n) is 2.39. The van der Waals surface area contributed by atoms with E-state index in [1.807, 2.05) is 6.08 Å². The fourth-order valence-electron chi connectivity index (χ4n) is 1.64. The number of para-hydroxylation sites is 1. The first kappa shape index (κ1) is 8.82. The van der Waals surface area contributed by atoms with Crippen molar-refractivity contribution in [1.29, 1.82) is 0 Å². The predicted molar refractivity (Wildman–Crippen MR) is 62.2 cm³/mol. The van der Waals surface area contributed by atoms with E-state index in [0.29, 0.717) is 0 Å². The molecule has 0 N–H and O–H groups in total. The molecule has 0 amide bonds. The number of aryl methyl sites for hydroxylation is 1. The van der Waals surface area contributed by atoms with Crippen LogP contribution in [-0.2, 0) is 7.05 Å². The maximum absolute atomic E-state index is 3.66. The van der Waals surface area contributed by atoms with Crippen molar-refractivity contribution in [2.24, 2.45) is 7.05 Å². The van der Waals surface area contributed by atoms with Gasteiger partial charge in [-0.3, -0.25) is 0 Å². The lowest BCUT2D eigenvalue weighted by molar-refractivity contribution is 0.955. The molecule has 70 valence electrons. The highest BCUT2D eigenvalue weighted by Gasteiger charge is 2.00. The Hall–Kier alpha value is -1.76. The van der Waals surface area contributed by atoms with Crippen molar-refractivity contribution in [3.63, 3.8) is 0 Å². The van der Waals surface area contributed by atoms with Gasteiger partial charge in [0.1, 0.15) is 0 Å². The van der Waals surface area contributed by atoms with Crippen LogP contribution in [0.15, 0.2) is 49.1 Å². The summed E-state index contributed by atoms with van der Waals surface area (Å²) in [6.07, 6.45) is 5.80. The third kappa shape index (κ3) is 1.37. The first-order valence-electron chi connectivity index (χ1n) is 4.66. The van der Waals surface area contributed by atoms with Gasteiger partial charge in [-0.2, -0.15) is 0 Å². The van der Waals surface area contributed by atoms with Crippen LogP contribution in [0.25, 0.3) is 17.0 Å². The van der Waals surface area contributed by atoms with Gasteiger partial charge in [-0.1, -0.05) is 36.9 Å². The first-order chi connectivity index (χ1) is 6.83. The average molecular weight is 183 g/mol. The molecule has 0 aliphatic heterocycles. The van der Waals surface area contributed by atoms with Gasteiger partial charge in [-0.05, 0) is 18.2 Å². The molecule has 0 saturated heterocycles. The van der Waals surface area contributed by atoms with E-state index >= 15 is 0 Å². The monoisotopic (exact) mass is 183 g/mol. The van der Waals surface area contributed by atoms with Crippen LogP contribution in [0, 0.1) is 0 Å². The molecule has 1 aromatic heterocycles. The molecule has 14 heavy (non-hydrogen) atoms. The topological polar surface area (TPSA) is 4.93 Å². The Morgan fingerprint density at radius 2 is 2.07 bits per heavy atom. The van der Waals surface area contributed by atoms with Gasteiger partial charge in [0.05, 0.1) is 0 Å². The van der Waals surface area contributed by atoms with Crippen LogP contribution in [0.2, 0.25) is 0 Å². The van der Waals surface area contributed by atoms with Crippen LogP contribution >= 0.6 is 0 Å². The van der Waals surface area contributed by atoms with E-state index in [9.17, 15) is 0 Å². The van der Waals surface area contributed by atoms with E-state index in [1.165, 1.54) is 16.6 Å². The summed E-state index contributed by atoms with van der Waals surface area (Å²) in [5, 5.41) is 1.28. The number of aromatic nitrogens is 1. The highest BCUT2D eigenvalue weighted by molar-refractivity contribution is 5.83. The molecule has 1 nitrogen and oxygen atoms in total. The van der Waals surface area contributed by atoms with Crippen LogP contribution in [0.3, 0.4) is 0 Å². The summed E-state index contributed by atoms with van der Waals surface area (Å²) in [5.74, 6) is 0. The normalized spacial score (nSPS) is 11.2. The zero-order valence-corrected chi connectivity index (χ0v) is 8.27. The average Bonchev–Trinajstić information content (AvgIpc) is 2.54. The van der Waals surface area contributed by atoms with Crippen molar-refractivity contribution in [3.05, 3.63) is 54.8 Å². The molecule has 0 aliphatic rings. The number of nitrogens with zero attached hydrogens (tertiary/aromatic N) is 1. The van der Waals surface area contributed by atoms with Crippen molar-refractivity contribution in [3.8, 4) is 0 Å². The van der Waals surface area contributed by atoms with Gasteiger partial charge >= 0.3 is 0 Å². The predicted octanol–water partition coefficient (Wildman–Crippen LogP) is 3.38. The minimum atomic E-state index is 1.20. The number of fused-ring (bicyclic) bond motifs is 1. The highest BCUT2D eigenvalue weighted by atomic mass is 14.9. The van der Waals surface area contributed by atoms with Crippen LogP contribution in [0.4, 0.5) is 0 Å². The Labute approximate surface area is 84.0 Å². The van der Waals surface area contributed by atoms with Crippen LogP contribution in [0.5, 0.6) is 0 Å². The van der Waals surface area contributed by atoms with Crippen LogP contribution in [-0.4, -0.2) is 4.57 Å². The van der Waals surface area contributed by atoms with Gasteiger partial charge in [-0.25, -0.2) is 0 Å². The molecule has 2 rings (SSSR count). The summed E-state index contributed by atoms with van der Waals surface area (Å²) in [6.45, 7) is 3.66. The summed E-state index contributed by atoms with van der Waals surface area (Å²) in [5.41, 5.74) is 2.46. The summed E-state index contributed by atoms with van der Waals surface area (Å²) >= 11 is 0. The van der Waals surface area contributed by atoms with Crippen molar-refractivity contribution >= 4 is 17.0 Å². The molecule has 0 saturated carbocycles. The maximum Gasteiger partial charge on any atom is 0.0482 e. The Morgan fingerprint density at radius 3 is 2.79 bits per heavy atom. The summed E-state index contributed by atoms with van der Waals surface area (Å²) < 4.78 is 2.18. The Balaban J connectivity index is 2.62. The van der Waals surface area contributed by atoms with Gasteiger partial charge in [0.15, 0.2) is 0 Å². The molecular formula is C13H13N. The second kappa shape index (κ2) is 3.54. The van der Waals surface area contributed by atoms with Crippen molar-refractivity contribution < 1.29 is 0 Å². The zero-order valence-electron chi connectivity index (χ0n) is 8.27. The summed E-state index contributed by atoms with van der Waals surface area (Å²) in [4.78, 5) is 0. The second-order valence-electron chi connectivity index (χ2n) is 3.28.